The van der Waals surface area contributed by atoms with Crippen LogP contribution in [0, 0.1) is 19.8 Å². The maximum atomic E-state index is 12.5. The van der Waals surface area contributed by atoms with Gasteiger partial charge in [0.05, 0.1) is 13.0 Å². The van der Waals surface area contributed by atoms with E-state index in [1.165, 1.54) is 0 Å². The normalized spacial score (nSPS) is 16.8. The molecule has 0 saturated carbocycles. The van der Waals surface area contributed by atoms with Crippen molar-refractivity contribution in [2.45, 2.75) is 20.3 Å². The summed E-state index contributed by atoms with van der Waals surface area (Å²) < 4.78 is 10.7. The smallest absolute Gasteiger partial charge is 0.316 e. The Morgan fingerprint density at radius 3 is 2.52 bits per heavy atom. The second-order valence-electron chi connectivity index (χ2n) is 6.22. The lowest BCUT2D eigenvalue weighted by molar-refractivity contribution is -0.139. The molecule has 1 atom stereocenters. The van der Waals surface area contributed by atoms with E-state index in [2.05, 4.69) is 0 Å². The van der Waals surface area contributed by atoms with Gasteiger partial charge in [0.1, 0.15) is 11.5 Å². The van der Waals surface area contributed by atoms with Gasteiger partial charge in [-0.3, -0.25) is 9.59 Å². The third kappa shape index (κ3) is 3.50. The van der Waals surface area contributed by atoms with Crippen LogP contribution in [0.5, 0.6) is 11.5 Å². The number of hydrogen-bond donors (Lipinski definition) is 0. The summed E-state index contributed by atoms with van der Waals surface area (Å²) in [5.41, 5.74) is 2.76. The molecule has 3 rings (SSSR count). The van der Waals surface area contributed by atoms with Crippen LogP contribution < -0.4 is 14.4 Å². The second-order valence-corrected chi connectivity index (χ2v) is 6.22. The molecule has 5 nitrogen and oxygen atoms in total. The van der Waals surface area contributed by atoms with Crippen molar-refractivity contribution in [2.24, 2.45) is 5.92 Å². The highest BCUT2D eigenvalue weighted by atomic mass is 16.5. The van der Waals surface area contributed by atoms with E-state index in [0.717, 1.165) is 22.6 Å². The van der Waals surface area contributed by atoms with Crippen LogP contribution in [0.1, 0.15) is 17.5 Å². The van der Waals surface area contributed by atoms with Crippen molar-refractivity contribution in [3.63, 3.8) is 0 Å². The zero-order valence-corrected chi connectivity index (χ0v) is 14.6. The number of esters is 1. The van der Waals surface area contributed by atoms with Crippen LogP contribution in [0.15, 0.2) is 42.5 Å². The summed E-state index contributed by atoms with van der Waals surface area (Å²) in [6.07, 6.45) is 0.162. The third-order valence-corrected chi connectivity index (χ3v) is 4.61. The zero-order chi connectivity index (χ0) is 18.0. The highest BCUT2D eigenvalue weighted by Crippen LogP contribution is 2.29. The summed E-state index contributed by atoms with van der Waals surface area (Å²) in [4.78, 5) is 26.4. The van der Waals surface area contributed by atoms with Crippen molar-refractivity contribution in [2.75, 3.05) is 18.6 Å². The average Bonchev–Trinajstić information content (AvgIpc) is 3.01. The number of benzene rings is 2. The molecule has 130 valence electrons. The van der Waals surface area contributed by atoms with Gasteiger partial charge in [0, 0.05) is 18.7 Å². The van der Waals surface area contributed by atoms with E-state index in [4.69, 9.17) is 9.47 Å². The molecule has 2 aromatic carbocycles. The second kappa shape index (κ2) is 6.97. The molecule has 1 aliphatic heterocycles. The average molecular weight is 339 g/mol. The number of methoxy groups -OCH3 is 1. The van der Waals surface area contributed by atoms with E-state index in [1.54, 1.807) is 30.2 Å². The van der Waals surface area contributed by atoms with Gasteiger partial charge in [-0.25, -0.2) is 0 Å². The highest BCUT2D eigenvalue weighted by Gasteiger charge is 2.36. The van der Waals surface area contributed by atoms with E-state index >= 15 is 0 Å². The van der Waals surface area contributed by atoms with Crippen molar-refractivity contribution in [3.05, 3.63) is 53.6 Å². The van der Waals surface area contributed by atoms with Gasteiger partial charge < -0.3 is 14.4 Å². The van der Waals surface area contributed by atoms with Crippen LogP contribution in [-0.2, 0) is 9.59 Å². The molecule has 5 heteroatoms. The van der Waals surface area contributed by atoms with Gasteiger partial charge in [0.2, 0.25) is 5.91 Å². The summed E-state index contributed by atoms with van der Waals surface area (Å²) in [5.74, 6) is 0.377. The number of carbonyl (C=O) groups is 2. The number of ether oxygens (including phenoxy) is 2. The molecular weight excluding hydrogens is 318 g/mol. The molecule has 0 aliphatic carbocycles. The van der Waals surface area contributed by atoms with E-state index in [-0.39, 0.29) is 18.3 Å². The summed E-state index contributed by atoms with van der Waals surface area (Å²) in [6.45, 7) is 4.22. The number of aryl methyl sites for hydroxylation is 1. The van der Waals surface area contributed by atoms with Gasteiger partial charge in [-0.2, -0.15) is 0 Å². The first-order valence-corrected chi connectivity index (χ1v) is 8.22. The standard InChI is InChI=1S/C20H21NO4/c1-13-5-4-6-18(14(13)2)25-20(23)15-11-19(22)21(12-15)16-7-9-17(24-3)10-8-16/h4-10,15H,11-12H2,1-3H3/t15-/m1/s1. The van der Waals surface area contributed by atoms with Gasteiger partial charge in [-0.1, -0.05) is 12.1 Å². The van der Waals surface area contributed by atoms with Crippen LogP contribution >= 0.6 is 0 Å². The first kappa shape index (κ1) is 17.0. The molecule has 1 heterocycles. The molecule has 25 heavy (non-hydrogen) atoms. The van der Waals surface area contributed by atoms with Crippen molar-refractivity contribution in [1.29, 1.82) is 0 Å². The Bertz CT molecular complexity index is 798. The molecule has 1 amide bonds. The van der Waals surface area contributed by atoms with Gasteiger partial charge in [-0.15, -0.1) is 0 Å². The van der Waals surface area contributed by atoms with Gasteiger partial charge in [0.15, 0.2) is 0 Å². The monoisotopic (exact) mass is 339 g/mol. The first-order valence-electron chi connectivity index (χ1n) is 8.22. The maximum Gasteiger partial charge on any atom is 0.316 e. The van der Waals surface area contributed by atoms with Crippen LogP contribution in [0.25, 0.3) is 0 Å². The van der Waals surface area contributed by atoms with E-state index in [0.29, 0.717) is 12.3 Å². The molecule has 1 aliphatic rings. The fourth-order valence-electron chi connectivity index (χ4n) is 2.90. The molecule has 0 aromatic heterocycles. The predicted molar refractivity (Wildman–Crippen MR) is 95.0 cm³/mol. The minimum atomic E-state index is -0.463. The number of rotatable bonds is 4. The molecule has 0 spiro atoms. The summed E-state index contributed by atoms with van der Waals surface area (Å²) in [5, 5.41) is 0. The lowest BCUT2D eigenvalue weighted by Gasteiger charge is -2.17. The number of amides is 1. The molecule has 0 radical (unpaired) electrons. The van der Waals surface area contributed by atoms with E-state index in [9.17, 15) is 9.59 Å². The molecule has 1 fully saturated rings. The number of nitrogens with zero attached hydrogens (tertiary/aromatic N) is 1. The lowest BCUT2D eigenvalue weighted by atomic mass is 10.1. The maximum absolute atomic E-state index is 12.5. The van der Waals surface area contributed by atoms with Crippen LogP contribution in [0.4, 0.5) is 5.69 Å². The Balaban J connectivity index is 1.71. The topological polar surface area (TPSA) is 55.8 Å². The first-order chi connectivity index (χ1) is 12.0. The lowest BCUT2D eigenvalue weighted by Crippen LogP contribution is -2.27. The summed E-state index contributed by atoms with van der Waals surface area (Å²) in [7, 11) is 1.59. The minimum Gasteiger partial charge on any atom is -0.497 e. The molecule has 0 unspecified atom stereocenters. The zero-order valence-electron chi connectivity index (χ0n) is 14.6. The fourth-order valence-corrected chi connectivity index (χ4v) is 2.90. The Morgan fingerprint density at radius 1 is 1.12 bits per heavy atom. The van der Waals surface area contributed by atoms with E-state index < -0.39 is 5.92 Å². The van der Waals surface area contributed by atoms with E-state index in [1.807, 2.05) is 38.1 Å². The van der Waals surface area contributed by atoms with Crippen molar-refractivity contribution in [1.82, 2.24) is 0 Å². The quantitative estimate of drug-likeness (QED) is 0.634. The molecule has 1 saturated heterocycles. The molecule has 0 bridgehead atoms. The fraction of sp³-hybridized carbons (Fsp3) is 0.300. The SMILES string of the molecule is COc1ccc(N2C[C@H](C(=O)Oc3cccc(C)c3C)CC2=O)cc1. The number of hydrogen-bond acceptors (Lipinski definition) is 4. The summed E-state index contributed by atoms with van der Waals surface area (Å²) >= 11 is 0. The van der Waals surface area contributed by atoms with Gasteiger partial charge >= 0.3 is 5.97 Å². The Kier molecular flexibility index (Phi) is 4.74. The van der Waals surface area contributed by atoms with Crippen LogP contribution in [0.3, 0.4) is 0 Å². The summed E-state index contributed by atoms with van der Waals surface area (Å²) in [6, 6.07) is 12.8. The third-order valence-electron chi connectivity index (χ3n) is 4.61. The number of carbonyl (C=O) groups excluding carboxylic acids is 2. The number of anilines is 1. The Hall–Kier alpha value is -2.82. The largest absolute Gasteiger partial charge is 0.497 e. The van der Waals surface area contributed by atoms with Crippen molar-refractivity contribution < 1.29 is 19.1 Å². The van der Waals surface area contributed by atoms with Crippen LogP contribution in [-0.4, -0.2) is 25.5 Å². The minimum absolute atomic E-state index is 0.0759. The molecule has 0 N–H and O–H groups in total. The van der Waals surface area contributed by atoms with Crippen molar-refractivity contribution in [3.8, 4) is 11.5 Å². The van der Waals surface area contributed by atoms with Crippen molar-refractivity contribution >= 4 is 17.6 Å². The van der Waals surface area contributed by atoms with Gasteiger partial charge in [-0.05, 0) is 55.3 Å². The Morgan fingerprint density at radius 2 is 1.84 bits per heavy atom. The molecule has 2 aromatic rings. The molecular formula is C20H21NO4. The predicted octanol–water partition coefficient (Wildman–Crippen LogP) is 3.27. The highest BCUT2D eigenvalue weighted by molar-refractivity contribution is 5.99. The Labute approximate surface area is 147 Å². The van der Waals surface area contributed by atoms with Crippen LogP contribution in [0.2, 0.25) is 0 Å². The van der Waals surface area contributed by atoms with Gasteiger partial charge in [0.25, 0.3) is 0 Å².